The zero-order valence-electron chi connectivity index (χ0n) is 14.4. The molecule has 25 heavy (non-hydrogen) atoms. The summed E-state index contributed by atoms with van der Waals surface area (Å²) in [6, 6.07) is 1.67. The summed E-state index contributed by atoms with van der Waals surface area (Å²) in [5.41, 5.74) is 2.19. The summed E-state index contributed by atoms with van der Waals surface area (Å²) in [6.07, 6.45) is 4.80. The second kappa shape index (κ2) is 6.83. The molecule has 0 atom stereocenters. The van der Waals surface area contributed by atoms with Gasteiger partial charge in [0.25, 0.3) is 0 Å². The van der Waals surface area contributed by atoms with Crippen molar-refractivity contribution in [2.24, 2.45) is 0 Å². The Balaban J connectivity index is 1.89. The zero-order chi connectivity index (χ0) is 18.0. The van der Waals surface area contributed by atoms with Gasteiger partial charge in [-0.05, 0) is 26.3 Å². The van der Waals surface area contributed by atoms with Crippen LogP contribution in [0.3, 0.4) is 0 Å². The number of hydrogen-bond acceptors (Lipinski definition) is 7. The Labute approximate surface area is 145 Å². The monoisotopic (exact) mass is 364 g/mol. The fourth-order valence-electron chi connectivity index (χ4n) is 2.49. The lowest BCUT2D eigenvalue weighted by Crippen LogP contribution is -2.14. The standard InChI is InChI=1S/C16H20N4O4S/c1-4-5-7-20-12(3)11(2)17-16(20)25(21,22)10-14-18-15(19-24-14)13-6-8-23-9-13/h6,8-9H,4-5,7,10H2,1-3H3. The number of hydrogen-bond donors (Lipinski definition) is 0. The van der Waals surface area contributed by atoms with Gasteiger partial charge >= 0.3 is 0 Å². The predicted octanol–water partition coefficient (Wildman–Crippen LogP) is 2.92. The van der Waals surface area contributed by atoms with Crippen LogP contribution < -0.4 is 0 Å². The molecule has 0 spiro atoms. The van der Waals surface area contributed by atoms with E-state index in [4.69, 9.17) is 8.94 Å². The van der Waals surface area contributed by atoms with E-state index in [0.717, 1.165) is 18.5 Å². The zero-order valence-corrected chi connectivity index (χ0v) is 15.2. The van der Waals surface area contributed by atoms with E-state index in [1.165, 1.54) is 12.5 Å². The van der Waals surface area contributed by atoms with Crippen LogP contribution in [0.4, 0.5) is 0 Å². The Morgan fingerprint density at radius 1 is 1.24 bits per heavy atom. The van der Waals surface area contributed by atoms with E-state index in [9.17, 15) is 8.42 Å². The second-order valence-electron chi connectivity index (χ2n) is 5.85. The van der Waals surface area contributed by atoms with E-state index in [1.54, 1.807) is 17.6 Å². The van der Waals surface area contributed by atoms with E-state index in [1.807, 2.05) is 6.92 Å². The molecule has 0 aliphatic rings. The lowest BCUT2D eigenvalue weighted by atomic mass is 10.3. The molecule has 0 N–H and O–H groups in total. The minimum atomic E-state index is -3.70. The van der Waals surface area contributed by atoms with Crippen LogP contribution in [0.15, 0.2) is 32.7 Å². The molecule has 0 amide bonds. The summed E-state index contributed by atoms with van der Waals surface area (Å²) in [4.78, 5) is 8.39. The molecular formula is C16H20N4O4S. The van der Waals surface area contributed by atoms with Crippen molar-refractivity contribution in [2.45, 2.75) is 51.1 Å². The van der Waals surface area contributed by atoms with Crippen LogP contribution in [-0.2, 0) is 22.1 Å². The second-order valence-corrected chi connectivity index (χ2v) is 7.74. The highest BCUT2D eigenvalue weighted by molar-refractivity contribution is 7.90. The maximum Gasteiger partial charge on any atom is 0.242 e. The Bertz CT molecular complexity index is 955. The summed E-state index contributed by atoms with van der Waals surface area (Å²) >= 11 is 0. The van der Waals surface area contributed by atoms with E-state index in [0.29, 0.717) is 23.6 Å². The third-order valence-electron chi connectivity index (χ3n) is 4.00. The van der Waals surface area contributed by atoms with Gasteiger partial charge in [0.05, 0.1) is 17.5 Å². The van der Waals surface area contributed by atoms with Gasteiger partial charge in [-0.1, -0.05) is 18.5 Å². The fourth-order valence-corrected chi connectivity index (χ4v) is 3.90. The lowest BCUT2D eigenvalue weighted by molar-refractivity contribution is 0.388. The number of sulfone groups is 1. The smallest absolute Gasteiger partial charge is 0.242 e. The highest BCUT2D eigenvalue weighted by Gasteiger charge is 2.27. The normalized spacial score (nSPS) is 12.0. The highest BCUT2D eigenvalue weighted by Crippen LogP contribution is 2.22. The molecule has 0 saturated carbocycles. The quantitative estimate of drug-likeness (QED) is 0.635. The van der Waals surface area contributed by atoms with Gasteiger partial charge in [0, 0.05) is 12.2 Å². The van der Waals surface area contributed by atoms with Gasteiger partial charge in [-0.2, -0.15) is 4.98 Å². The van der Waals surface area contributed by atoms with Gasteiger partial charge in [0.1, 0.15) is 12.0 Å². The summed E-state index contributed by atoms with van der Waals surface area (Å²) in [5.74, 6) is -0.0722. The minimum absolute atomic E-state index is 0.0246. The van der Waals surface area contributed by atoms with Crippen molar-refractivity contribution in [3.05, 3.63) is 35.9 Å². The summed E-state index contributed by atoms with van der Waals surface area (Å²) in [6.45, 7) is 6.35. The molecule has 3 heterocycles. The van der Waals surface area contributed by atoms with Crippen LogP contribution in [0.2, 0.25) is 0 Å². The summed E-state index contributed by atoms with van der Waals surface area (Å²) < 4.78 is 37.4. The number of imidazole rings is 1. The van der Waals surface area contributed by atoms with Crippen molar-refractivity contribution in [3.8, 4) is 11.4 Å². The first-order chi connectivity index (χ1) is 11.9. The average Bonchev–Trinajstić information content (AvgIpc) is 3.28. The summed E-state index contributed by atoms with van der Waals surface area (Å²) in [7, 11) is -3.70. The van der Waals surface area contributed by atoms with Crippen molar-refractivity contribution in [3.63, 3.8) is 0 Å². The number of unbranched alkanes of at least 4 members (excludes halogenated alkanes) is 1. The van der Waals surface area contributed by atoms with Gasteiger partial charge in [-0.15, -0.1) is 0 Å². The Morgan fingerprint density at radius 3 is 2.72 bits per heavy atom. The van der Waals surface area contributed by atoms with Crippen molar-refractivity contribution >= 4 is 9.84 Å². The first-order valence-corrected chi connectivity index (χ1v) is 9.69. The van der Waals surface area contributed by atoms with Gasteiger partial charge in [-0.25, -0.2) is 13.4 Å². The largest absolute Gasteiger partial charge is 0.472 e. The maximum absolute atomic E-state index is 12.8. The molecule has 0 bridgehead atoms. The number of furan rings is 1. The summed E-state index contributed by atoms with van der Waals surface area (Å²) in [5, 5.41) is 3.85. The first kappa shape index (κ1) is 17.4. The molecule has 0 saturated heterocycles. The van der Waals surface area contributed by atoms with Crippen LogP contribution in [0.5, 0.6) is 0 Å². The fraction of sp³-hybridized carbons (Fsp3) is 0.438. The number of rotatable bonds is 7. The maximum atomic E-state index is 12.8. The average molecular weight is 364 g/mol. The molecule has 0 fully saturated rings. The molecule has 3 rings (SSSR count). The molecule has 134 valence electrons. The molecule has 3 aromatic heterocycles. The molecule has 0 aliphatic heterocycles. The van der Waals surface area contributed by atoms with Crippen LogP contribution in [-0.4, -0.2) is 28.1 Å². The van der Waals surface area contributed by atoms with Gasteiger partial charge < -0.3 is 13.5 Å². The number of aryl methyl sites for hydroxylation is 1. The van der Waals surface area contributed by atoms with Crippen molar-refractivity contribution in [1.82, 2.24) is 19.7 Å². The molecular weight excluding hydrogens is 344 g/mol. The van der Waals surface area contributed by atoms with E-state index < -0.39 is 9.84 Å². The number of nitrogens with zero attached hydrogens (tertiary/aromatic N) is 4. The van der Waals surface area contributed by atoms with Crippen molar-refractivity contribution < 1.29 is 17.4 Å². The topological polar surface area (TPSA) is 104 Å². The van der Waals surface area contributed by atoms with Crippen molar-refractivity contribution in [2.75, 3.05) is 0 Å². The van der Waals surface area contributed by atoms with Gasteiger partial charge in [0.15, 0.2) is 0 Å². The predicted molar refractivity (Wildman–Crippen MR) is 89.5 cm³/mol. The third kappa shape index (κ3) is 3.51. The lowest BCUT2D eigenvalue weighted by Gasteiger charge is -2.09. The Hall–Kier alpha value is -2.42. The minimum Gasteiger partial charge on any atom is -0.472 e. The van der Waals surface area contributed by atoms with E-state index in [2.05, 4.69) is 22.0 Å². The van der Waals surface area contributed by atoms with Gasteiger partial charge in [0.2, 0.25) is 26.7 Å². The third-order valence-corrected chi connectivity index (χ3v) is 5.49. The van der Waals surface area contributed by atoms with E-state index in [-0.39, 0.29) is 16.8 Å². The van der Waals surface area contributed by atoms with E-state index >= 15 is 0 Å². The Kier molecular flexibility index (Phi) is 4.76. The molecule has 9 heteroatoms. The molecule has 0 unspecified atom stereocenters. The van der Waals surface area contributed by atoms with Crippen LogP contribution in [0, 0.1) is 13.8 Å². The van der Waals surface area contributed by atoms with Crippen LogP contribution in [0.25, 0.3) is 11.4 Å². The molecule has 3 aromatic rings. The molecule has 0 radical (unpaired) electrons. The number of aromatic nitrogens is 4. The van der Waals surface area contributed by atoms with Crippen LogP contribution >= 0.6 is 0 Å². The van der Waals surface area contributed by atoms with Gasteiger partial charge in [-0.3, -0.25) is 0 Å². The Morgan fingerprint density at radius 2 is 2.04 bits per heavy atom. The SMILES string of the molecule is CCCCn1c(S(=O)(=O)Cc2nc(-c3ccoc3)no2)nc(C)c1C. The highest BCUT2D eigenvalue weighted by atomic mass is 32.2. The van der Waals surface area contributed by atoms with Crippen molar-refractivity contribution in [1.29, 1.82) is 0 Å². The molecule has 8 nitrogen and oxygen atoms in total. The first-order valence-electron chi connectivity index (χ1n) is 8.04. The van der Waals surface area contributed by atoms with Crippen LogP contribution in [0.1, 0.15) is 37.0 Å². The molecule has 0 aromatic carbocycles. The molecule has 0 aliphatic carbocycles.